The van der Waals surface area contributed by atoms with Gasteiger partial charge in [-0.3, -0.25) is 20.2 Å². The molecular formula is C15H15ClN4O3S. The van der Waals surface area contributed by atoms with E-state index in [2.05, 4.69) is 15.6 Å². The highest BCUT2D eigenvalue weighted by Crippen LogP contribution is 2.32. The molecule has 9 heteroatoms. The van der Waals surface area contributed by atoms with Crippen LogP contribution in [0.25, 0.3) is 0 Å². The van der Waals surface area contributed by atoms with Crippen LogP contribution in [-0.4, -0.2) is 28.9 Å². The van der Waals surface area contributed by atoms with E-state index in [1.807, 2.05) is 0 Å². The minimum Gasteiger partial charge on any atom is -0.317 e. The number of halogens is 1. The fraction of sp³-hybridized carbons (Fsp3) is 0.333. The Balaban J connectivity index is 1.76. The number of rotatable bonds is 4. The summed E-state index contributed by atoms with van der Waals surface area (Å²) in [5.74, 6) is -0.121. The average Bonchev–Trinajstić information content (AvgIpc) is 3.04. The SMILES string of the molecule is O=C(Nc1ncc(C2CCNCC2)s1)c1ccc(Cl)cc1[N+](=O)[O-]. The van der Waals surface area contributed by atoms with Gasteiger partial charge in [-0.15, -0.1) is 11.3 Å². The van der Waals surface area contributed by atoms with Crippen LogP contribution in [0, 0.1) is 10.1 Å². The number of piperidine rings is 1. The maximum atomic E-state index is 12.3. The van der Waals surface area contributed by atoms with Gasteiger partial charge in [0.25, 0.3) is 11.6 Å². The first-order chi connectivity index (χ1) is 11.5. The molecule has 7 nitrogen and oxygen atoms in total. The van der Waals surface area contributed by atoms with Crippen LogP contribution < -0.4 is 10.6 Å². The minimum atomic E-state index is -0.622. The molecule has 0 aliphatic carbocycles. The molecule has 0 spiro atoms. The molecule has 1 amide bonds. The summed E-state index contributed by atoms with van der Waals surface area (Å²) in [6, 6.07) is 3.96. The molecule has 24 heavy (non-hydrogen) atoms. The molecule has 0 saturated carbocycles. The van der Waals surface area contributed by atoms with E-state index < -0.39 is 10.8 Å². The average molecular weight is 367 g/mol. The summed E-state index contributed by atoms with van der Waals surface area (Å²) in [6.07, 6.45) is 3.85. The molecule has 0 unspecified atom stereocenters. The van der Waals surface area contributed by atoms with Gasteiger partial charge in [0, 0.05) is 22.2 Å². The Kier molecular flexibility index (Phi) is 5.08. The van der Waals surface area contributed by atoms with Gasteiger partial charge >= 0.3 is 0 Å². The highest BCUT2D eigenvalue weighted by Gasteiger charge is 2.22. The maximum absolute atomic E-state index is 12.3. The number of nitro benzene ring substituents is 1. The number of nitro groups is 1. The van der Waals surface area contributed by atoms with Crippen molar-refractivity contribution < 1.29 is 9.72 Å². The van der Waals surface area contributed by atoms with Gasteiger partial charge in [-0.05, 0) is 44.0 Å². The van der Waals surface area contributed by atoms with Crippen LogP contribution in [0.2, 0.25) is 5.02 Å². The normalized spacial score (nSPS) is 15.2. The zero-order valence-electron chi connectivity index (χ0n) is 12.6. The summed E-state index contributed by atoms with van der Waals surface area (Å²) in [6.45, 7) is 1.95. The van der Waals surface area contributed by atoms with Gasteiger partial charge < -0.3 is 5.32 Å². The second kappa shape index (κ2) is 7.25. The molecule has 0 bridgehead atoms. The van der Waals surface area contributed by atoms with Crippen molar-refractivity contribution in [2.75, 3.05) is 18.4 Å². The van der Waals surface area contributed by atoms with Gasteiger partial charge in [0.15, 0.2) is 5.13 Å². The van der Waals surface area contributed by atoms with Gasteiger partial charge in [-0.25, -0.2) is 4.98 Å². The van der Waals surface area contributed by atoms with E-state index in [0.29, 0.717) is 11.0 Å². The van der Waals surface area contributed by atoms with E-state index in [1.165, 1.54) is 29.5 Å². The van der Waals surface area contributed by atoms with Gasteiger partial charge in [-0.1, -0.05) is 11.6 Å². The van der Waals surface area contributed by atoms with Crippen molar-refractivity contribution in [1.29, 1.82) is 0 Å². The lowest BCUT2D eigenvalue weighted by atomic mass is 9.97. The molecule has 0 atom stereocenters. The Morgan fingerprint density at radius 3 is 2.88 bits per heavy atom. The monoisotopic (exact) mass is 366 g/mol. The van der Waals surface area contributed by atoms with E-state index in [1.54, 1.807) is 6.20 Å². The molecule has 1 aliphatic rings. The smallest absolute Gasteiger partial charge is 0.283 e. The van der Waals surface area contributed by atoms with Gasteiger partial charge in [0.1, 0.15) is 5.56 Å². The number of carbonyl (C=O) groups excluding carboxylic acids is 1. The van der Waals surface area contributed by atoms with E-state index in [-0.39, 0.29) is 16.3 Å². The van der Waals surface area contributed by atoms with Gasteiger partial charge in [-0.2, -0.15) is 0 Å². The highest BCUT2D eigenvalue weighted by atomic mass is 35.5. The van der Waals surface area contributed by atoms with Gasteiger partial charge in [0.2, 0.25) is 0 Å². The number of aromatic nitrogens is 1. The topological polar surface area (TPSA) is 97.2 Å². The Bertz CT molecular complexity index is 774. The molecule has 1 saturated heterocycles. The van der Waals surface area contributed by atoms with Crippen LogP contribution in [-0.2, 0) is 0 Å². The molecule has 2 aromatic rings. The van der Waals surface area contributed by atoms with Crippen LogP contribution in [0.15, 0.2) is 24.4 Å². The van der Waals surface area contributed by atoms with Crippen LogP contribution in [0.3, 0.4) is 0 Å². The number of hydrogen-bond donors (Lipinski definition) is 2. The van der Waals surface area contributed by atoms with E-state index in [0.717, 1.165) is 30.8 Å². The third kappa shape index (κ3) is 3.72. The van der Waals surface area contributed by atoms with Crippen LogP contribution in [0.4, 0.5) is 10.8 Å². The first-order valence-electron chi connectivity index (χ1n) is 7.46. The molecule has 2 N–H and O–H groups in total. The molecule has 2 heterocycles. The van der Waals surface area contributed by atoms with Crippen molar-refractivity contribution in [3.63, 3.8) is 0 Å². The summed E-state index contributed by atoms with van der Waals surface area (Å²) in [7, 11) is 0. The lowest BCUT2D eigenvalue weighted by Crippen LogP contribution is -2.26. The number of benzene rings is 1. The quantitative estimate of drug-likeness (QED) is 0.638. The summed E-state index contributed by atoms with van der Waals surface area (Å²) < 4.78 is 0. The first-order valence-corrected chi connectivity index (χ1v) is 8.66. The number of thiazole rings is 1. The second-order valence-electron chi connectivity index (χ2n) is 5.46. The van der Waals surface area contributed by atoms with Crippen molar-refractivity contribution in [3.05, 3.63) is 50.0 Å². The van der Waals surface area contributed by atoms with Gasteiger partial charge in [0.05, 0.1) is 4.92 Å². The maximum Gasteiger partial charge on any atom is 0.283 e. The number of nitrogens with zero attached hydrogens (tertiary/aromatic N) is 2. The van der Waals surface area contributed by atoms with Crippen LogP contribution in [0.1, 0.15) is 34.0 Å². The lowest BCUT2D eigenvalue weighted by molar-refractivity contribution is -0.385. The van der Waals surface area contributed by atoms with Crippen molar-refractivity contribution in [1.82, 2.24) is 10.3 Å². The molecule has 1 fully saturated rings. The third-order valence-electron chi connectivity index (χ3n) is 3.89. The van der Waals surface area contributed by atoms with Crippen LogP contribution >= 0.6 is 22.9 Å². The Morgan fingerprint density at radius 2 is 2.17 bits per heavy atom. The predicted octanol–water partition coefficient (Wildman–Crippen LogP) is 3.42. The number of amides is 1. The number of carbonyl (C=O) groups is 1. The molecule has 126 valence electrons. The molecule has 1 aliphatic heterocycles. The number of hydrogen-bond acceptors (Lipinski definition) is 6. The van der Waals surface area contributed by atoms with E-state index in [9.17, 15) is 14.9 Å². The molecule has 0 radical (unpaired) electrons. The molecular weight excluding hydrogens is 352 g/mol. The first kappa shape index (κ1) is 16.8. The number of anilines is 1. The lowest BCUT2D eigenvalue weighted by Gasteiger charge is -2.20. The van der Waals surface area contributed by atoms with Crippen LogP contribution in [0.5, 0.6) is 0 Å². The standard InChI is InChI=1S/C15H15ClN4O3S/c16-10-1-2-11(12(7-10)20(22)23)14(21)19-15-18-8-13(24-15)9-3-5-17-6-4-9/h1-2,7-9,17H,3-6H2,(H,18,19,21). The van der Waals surface area contributed by atoms with E-state index >= 15 is 0 Å². The van der Waals surface area contributed by atoms with Crippen molar-refractivity contribution >= 4 is 39.7 Å². The Morgan fingerprint density at radius 1 is 1.42 bits per heavy atom. The molecule has 1 aromatic carbocycles. The summed E-state index contributed by atoms with van der Waals surface area (Å²) in [4.78, 5) is 28.1. The third-order valence-corrected chi connectivity index (χ3v) is 5.20. The second-order valence-corrected chi connectivity index (χ2v) is 6.96. The fourth-order valence-electron chi connectivity index (χ4n) is 2.65. The summed E-state index contributed by atoms with van der Waals surface area (Å²) in [5.41, 5.74) is -0.363. The zero-order valence-corrected chi connectivity index (χ0v) is 14.2. The minimum absolute atomic E-state index is 0.0389. The van der Waals surface area contributed by atoms with E-state index in [4.69, 9.17) is 11.6 Å². The number of nitrogens with one attached hydrogen (secondary N) is 2. The Labute approximate surface area is 147 Å². The van der Waals surface area contributed by atoms with Crippen molar-refractivity contribution in [2.45, 2.75) is 18.8 Å². The fourth-order valence-corrected chi connectivity index (χ4v) is 3.80. The molecule has 3 rings (SSSR count). The predicted molar refractivity (Wildman–Crippen MR) is 93.0 cm³/mol. The zero-order chi connectivity index (χ0) is 17.1. The van der Waals surface area contributed by atoms with Crippen molar-refractivity contribution in [2.24, 2.45) is 0 Å². The highest BCUT2D eigenvalue weighted by molar-refractivity contribution is 7.15. The Hall–Kier alpha value is -2.03. The van der Waals surface area contributed by atoms with Crippen molar-refractivity contribution in [3.8, 4) is 0 Å². The summed E-state index contributed by atoms with van der Waals surface area (Å²) in [5, 5.41) is 17.7. The molecule has 1 aromatic heterocycles. The largest absolute Gasteiger partial charge is 0.317 e. The summed E-state index contributed by atoms with van der Waals surface area (Å²) >= 11 is 7.18.